The molecule has 1 atom stereocenters. The molecule has 1 N–H and O–H groups in total. The van der Waals surface area contributed by atoms with E-state index >= 15 is 0 Å². The monoisotopic (exact) mass is 327 g/mol. The van der Waals surface area contributed by atoms with Crippen LogP contribution in [0, 0.1) is 0 Å². The van der Waals surface area contributed by atoms with E-state index < -0.39 is 6.10 Å². The van der Waals surface area contributed by atoms with Gasteiger partial charge >= 0.3 is 0 Å². The number of amides is 1. The van der Waals surface area contributed by atoms with Crippen molar-refractivity contribution in [1.82, 2.24) is 4.90 Å². The van der Waals surface area contributed by atoms with Gasteiger partial charge in [0.2, 0.25) is 0 Å². The molecule has 0 saturated heterocycles. The topological polar surface area (TPSA) is 49.8 Å². The number of aliphatic hydroxyl groups excluding tert-OH is 1. The standard InChI is InChI=1S/C20H25NO3/c1-14(2)21(13-15(3)22)20(23)17-10-11-19(24-4)18(12-17)16-8-6-5-7-9-16/h5-12,14-15,22H,13H2,1-4H3. The van der Waals surface area contributed by atoms with Crippen LogP contribution < -0.4 is 4.74 Å². The van der Waals surface area contributed by atoms with Gasteiger partial charge in [-0.25, -0.2) is 0 Å². The first-order valence-corrected chi connectivity index (χ1v) is 8.16. The molecule has 0 radical (unpaired) electrons. The molecule has 0 heterocycles. The maximum atomic E-state index is 12.9. The van der Waals surface area contributed by atoms with E-state index in [1.807, 2.05) is 56.3 Å². The Bertz CT molecular complexity index is 681. The third-order valence-corrected chi connectivity index (χ3v) is 3.88. The van der Waals surface area contributed by atoms with E-state index in [9.17, 15) is 9.90 Å². The highest BCUT2D eigenvalue weighted by atomic mass is 16.5. The van der Waals surface area contributed by atoms with Crippen molar-refractivity contribution in [1.29, 1.82) is 0 Å². The van der Waals surface area contributed by atoms with Gasteiger partial charge in [-0.15, -0.1) is 0 Å². The summed E-state index contributed by atoms with van der Waals surface area (Å²) in [5.74, 6) is 0.634. The smallest absolute Gasteiger partial charge is 0.254 e. The fourth-order valence-corrected chi connectivity index (χ4v) is 2.66. The maximum Gasteiger partial charge on any atom is 0.254 e. The number of ether oxygens (including phenoxy) is 1. The third-order valence-electron chi connectivity index (χ3n) is 3.88. The number of carbonyl (C=O) groups is 1. The minimum Gasteiger partial charge on any atom is -0.496 e. The lowest BCUT2D eigenvalue weighted by atomic mass is 10.0. The predicted molar refractivity (Wildman–Crippen MR) is 96.3 cm³/mol. The van der Waals surface area contributed by atoms with Crippen LogP contribution >= 0.6 is 0 Å². The number of rotatable bonds is 6. The normalized spacial score (nSPS) is 12.1. The van der Waals surface area contributed by atoms with E-state index in [0.29, 0.717) is 12.1 Å². The summed E-state index contributed by atoms with van der Waals surface area (Å²) in [6, 6.07) is 15.3. The van der Waals surface area contributed by atoms with Crippen molar-refractivity contribution in [2.45, 2.75) is 32.9 Å². The number of nitrogens with zero attached hydrogens (tertiary/aromatic N) is 1. The summed E-state index contributed by atoms with van der Waals surface area (Å²) < 4.78 is 5.44. The average molecular weight is 327 g/mol. The third kappa shape index (κ3) is 4.15. The van der Waals surface area contributed by atoms with E-state index in [0.717, 1.165) is 16.9 Å². The fraction of sp³-hybridized carbons (Fsp3) is 0.350. The van der Waals surface area contributed by atoms with Gasteiger partial charge in [-0.3, -0.25) is 4.79 Å². The van der Waals surface area contributed by atoms with E-state index in [1.165, 1.54) is 0 Å². The summed E-state index contributed by atoms with van der Waals surface area (Å²) in [6.07, 6.45) is -0.566. The van der Waals surface area contributed by atoms with Crippen molar-refractivity contribution in [3.05, 3.63) is 54.1 Å². The summed E-state index contributed by atoms with van der Waals surface area (Å²) in [6.45, 7) is 5.89. The molecule has 0 aromatic heterocycles. The van der Waals surface area contributed by atoms with Crippen LogP contribution in [0.25, 0.3) is 11.1 Å². The van der Waals surface area contributed by atoms with Crippen molar-refractivity contribution in [2.24, 2.45) is 0 Å². The molecule has 2 aromatic rings. The van der Waals surface area contributed by atoms with Gasteiger partial charge in [0.15, 0.2) is 0 Å². The van der Waals surface area contributed by atoms with Gasteiger partial charge in [0, 0.05) is 23.7 Å². The second-order valence-electron chi connectivity index (χ2n) is 6.18. The van der Waals surface area contributed by atoms with Crippen molar-refractivity contribution in [3.63, 3.8) is 0 Å². The molecule has 1 amide bonds. The maximum absolute atomic E-state index is 12.9. The predicted octanol–water partition coefficient (Wildman–Crippen LogP) is 3.59. The average Bonchev–Trinajstić information content (AvgIpc) is 2.59. The highest BCUT2D eigenvalue weighted by Crippen LogP contribution is 2.31. The Kier molecular flexibility index (Phi) is 5.99. The lowest BCUT2D eigenvalue weighted by Crippen LogP contribution is -2.41. The van der Waals surface area contributed by atoms with Gasteiger partial charge in [-0.2, -0.15) is 0 Å². The second-order valence-corrected chi connectivity index (χ2v) is 6.18. The fourth-order valence-electron chi connectivity index (χ4n) is 2.66. The lowest BCUT2D eigenvalue weighted by Gasteiger charge is -2.28. The first-order chi connectivity index (χ1) is 11.4. The molecule has 1 unspecified atom stereocenters. The van der Waals surface area contributed by atoms with Crippen molar-refractivity contribution >= 4 is 5.91 Å². The Balaban J connectivity index is 2.42. The van der Waals surface area contributed by atoms with E-state index in [4.69, 9.17) is 4.74 Å². The van der Waals surface area contributed by atoms with Crippen LogP contribution in [0.3, 0.4) is 0 Å². The van der Waals surface area contributed by atoms with Crippen LogP contribution in [0.15, 0.2) is 48.5 Å². The van der Waals surface area contributed by atoms with Crippen LogP contribution in [0.1, 0.15) is 31.1 Å². The first kappa shape index (κ1) is 18.0. The Morgan fingerprint density at radius 2 is 1.79 bits per heavy atom. The summed E-state index contributed by atoms with van der Waals surface area (Å²) in [4.78, 5) is 14.6. The van der Waals surface area contributed by atoms with Crippen LogP contribution in [0.5, 0.6) is 5.75 Å². The molecular weight excluding hydrogens is 302 g/mol. The molecule has 0 spiro atoms. The molecule has 2 aromatic carbocycles. The number of benzene rings is 2. The Labute approximate surface area is 143 Å². The highest BCUT2D eigenvalue weighted by Gasteiger charge is 2.21. The molecule has 4 heteroatoms. The number of carbonyl (C=O) groups excluding carboxylic acids is 1. The number of methoxy groups -OCH3 is 1. The summed E-state index contributed by atoms with van der Waals surface area (Å²) in [5, 5.41) is 9.67. The Morgan fingerprint density at radius 3 is 2.33 bits per heavy atom. The van der Waals surface area contributed by atoms with Crippen LogP contribution in [-0.2, 0) is 0 Å². The molecule has 0 fully saturated rings. The number of hydrogen-bond donors (Lipinski definition) is 1. The summed E-state index contributed by atoms with van der Waals surface area (Å²) in [7, 11) is 1.62. The van der Waals surface area contributed by atoms with Crippen molar-refractivity contribution in [3.8, 4) is 16.9 Å². The molecule has 0 saturated carbocycles. The Morgan fingerprint density at radius 1 is 1.12 bits per heavy atom. The van der Waals surface area contributed by atoms with Crippen LogP contribution in [0.2, 0.25) is 0 Å². The molecule has 0 bridgehead atoms. The molecule has 0 aliphatic carbocycles. The van der Waals surface area contributed by atoms with E-state index in [-0.39, 0.29) is 11.9 Å². The van der Waals surface area contributed by atoms with Crippen LogP contribution in [-0.4, -0.2) is 41.7 Å². The number of hydrogen-bond acceptors (Lipinski definition) is 3. The molecular formula is C20H25NO3. The summed E-state index contributed by atoms with van der Waals surface area (Å²) in [5.41, 5.74) is 2.46. The highest BCUT2D eigenvalue weighted by molar-refractivity contribution is 5.96. The molecule has 128 valence electrons. The molecule has 0 aliphatic heterocycles. The molecule has 4 nitrogen and oxygen atoms in total. The summed E-state index contributed by atoms with van der Waals surface area (Å²) >= 11 is 0. The van der Waals surface area contributed by atoms with Gasteiger partial charge in [-0.1, -0.05) is 30.3 Å². The van der Waals surface area contributed by atoms with E-state index in [1.54, 1.807) is 25.0 Å². The zero-order valence-corrected chi connectivity index (χ0v) is 14.7. The molecule has 0 aliphatic rings. The van der Waals surface area contributed by atoms with E-state index in [2.05, 4.69) is 0 Å². The largest absolute Gasteiger partial charge is 0.496 e. The van der Waals surface area contributed by atoms with Gasteiger partial charge in [0.25, 0.3) is 5.91 Å². The SMILES string of the molecule is COc1ccc(C(=O)N(CC(C)O)C(C)C)cc1-c1ccccc1. The van der Waals surface area contributed by atoms with Crippen molar-refractivity contribution < 1.29 is 14.6 Å². The quantitative estimate of drug-likeness (QED) is 0.882. The number of aliphatic hydroxyl groups is 1. The van der Waals surface area contributed by atoms with Gasteiger partial charge in [-0.05, 0) is 44.5 Å². The zero-order valence-electron chi connectivity index (χ0n) is 14.7. The second kappa shape index (κ2) is 7.97. The van der Waals surface area contributed by atoms with Gasteiger partial charge < -0.3 is 14.7 Å². The first-order valence-electron chi connectivity index (χ1n) is 8.16. The zero-order chi connectivity index (χ0) is 17.7. The lowest BCUT2D eigenvalue weighted by molar-refractivity contribution is 0.0579. The minimum atomic E-state index is -0.566. The molecule has 24 heavy (non-hydrogen) atoms. The van der Waals surface area contributed by atoms with Crippen molar-refractivity contribution in [2.75, 3.05) is 13.7 Å². The van der Waals surface area contributed by atoms with Crippen LogP contribution in [0.4, 0.5) is 0 Å². The van der Waals surface area contributed by atoms with Gasteiger partial charge in [0.05, 0.1) is 13.2 Å². The minimum absolute atomic E-state index is 0.00868. The Hall–Kier alpha value is -2.33. The molecule has 2 rings (SSSR count). The van der Waals surface area contributed by atoms with Gasteiger partial charge in [0.1, 0.15) is 5.75 Å².